The fraction of sp³-hybridized carbons (Fsp3) is 0.0714. The monoisotopic (exact) mass is 339 g/mol. The highest BCUT2D eigenvalue weighted by Crippen LogP contribution is 2.31. The van der Waals surface area contributed by atoms with E-state index in [1.807, 2.05) is 0 Å². The van der Waals surface area contributed by atoms with Gasteiger partial charge in [0, 0.05) is 5.02 Å². The van der Waals surface area contributed by atoms with Crippen LogP contribution in [0.15, 0.2) is 30.3 Å². The largest absolute Gasteiger partial charge is 0.299 e. The minimum absolute atomic E-state index is 0.198. The van der Waals surface area contributed by atoms with Crippen molar-refractivity contribution in [3.63, 3.8) is 0 Å². The van der Waals surface area contributed by atoms with Crippen molar-refractivity contribution < 1.29 is 14.4 Å². The van der Waals surface area contributed by atoms with Gasteiger partial charge in [-0.3, -0.25) is 19.3 Å². The van der Waals surface area contributed by atoms with Gasteiger partial charge in [-0.1, -0.05) is 23.2 Å². The standard InChI is InChI=1S/C14H7Cl2NO3S/c15-7-1-2-9-8(5-7)13(19)14(20)17(9)6-10(18)11-3-4-12(16)21-11/h1-5H,6H2. The predicted molar refractivity (Wildman–Crippen MR) is 81.8 cm³/mol. The number of Topliss-reactive ketones (excluding diaryl/α,β-unsaturated/α-hetero) is 2. The molecular formula is C14H7Cl2NO3S. The molecule has 0 saturated carbocycles. The van der Waals surface area contributed by atoms with Crippen molar-refractivity contribution in [2.24, 2.45) is 0 Å². The summed E-state index contributed by atoms with van der Waals surface area (Å²) in [6, 6.07) is 7.79. The molecule has 0 atom stereocenters. The molecule has 0 radical (unpaired) electrons. The van der Waals surface area contributed by atoms with Crippen molar-refractivity contribution in [1.82, 2.24) is 0 Å². The number of hydrogen-bond donors (Lipinski definition) is 0. The van der Waals surface area contributed by atoms with Gasteiger partial charge in [-0.25, -0.2) is 0 Å². The third-order valence-corrected chi connectivity index (χ3v) is 4.59. The van der Waals surface area contributed by atoms with Gasteiger partial charge in [0.1, 0.15) is 0 Å². The Labute approximate surface area is 133 Å². The first kappa shape index (κ1) is 14.3. The normalized spacial score (nSPS) is 13.7. The summed E-state index contributed by atoms with van der Waals surface area (Å²) >= 11 is 12.8. The van der Waals surface area contributed by atoms with Gasteiger partial charge in [-0.2, -0.15) is 0 Å². The number of carbonyl (C=O) groups excluding carboxylic acids is 3. The average Bonchev–Trinajstić information content (AvgIpc) is 2.97. The molecule has 0 fully saturated rings. The Morgan fingerprint density at radius 1 is 1.14 bits per heavy atom. The van der Waals surface area contributed by atoms with E-state index in [9.17, 15) is 14.4 Å². The van der Waals surface area contributed by atoms with Gasteiger partial charge in [0.25, 0.3) is 11.7 Å². The first-order valence-corrected chi connectivity index (χ1v) is 7.49. The van der Waals surface area contributed by atoms with E-state index in [1.165, 1.54) is 11.0 Å². The van der Waals surface area contributed by atoms with Gasteiger partial charge in [0.05, 0.1) is 27.0 Å². The molecule has 0 unspecified atom stereocenters. The van der Waals surface area contributed by atoms with Crippen LogP contribution < -0.4 is 4.90 Å². The Bertz CT molecular complexity index is 784. The fourth-order valence-corrected chi connectivity index (χ4v) is 3.26. The number of rotatable bonds is 3. The van der Waals surface area contributed by atoms with Gasteiger partial charge in [0.2, 0.25) is 0 Å². The Kier molecular flexibility index (Phi) is 3.57. The summed E-state index contributed by atoms with van der Waals surface area (Å²) in [6.45, 7) is -0.198. The van der Waals surface area contributed by atoms with Gasteiger partial charge < -0.3 is 0 Å². The second-order valence-electron chi connectivity index (χ2n) is 4.41. The minimum atomic E-state index is -0.719. The van der Waals surface area contributed by atoms with E-state index >= 15 is 0 Å². The maximum Gasteiger partial charge on any atom is 0.299 e. The number of nitrogens with zero attached hydrogens (tertiary/aromatic N) is 1. The quantitative estimate of drug-likeness (QED) is 0.635. The molecule has 0 spiro atoms. The van der Waals surface area contributed by atoms with E-state index in [-0.39, 0.29) is 17.9 Å². The number of carbonyl (C=O) groups is 3. The maximum absolute atomic E-state index is 12.2. The molecule has 1 aliphatic heterocycles. The van der Waals surface area contributed by atoms with Crippen LogP contribution in [0.4, 0.5) is 5.69 Å². The van der Waals surface area contributed by atoms with Crippen LogP contribution in [0.2, 0.25) is 9.36 Å². The highest BCUT2D eigenvalue weighted by molar-refractivity contribution is 7.18. The van der Waals surface area contributed by atoms with Crippen molar-refractivity contribution in [3.8, 4) is 0 Å². The van der Waals surface area contributed by atoms with Gasteiger partial charge in [-0.15, -0.1) is 11.3 Å². The average molecular weight is 340 g/mol. The number of ketones is 2. The summed E-state index contributed by atoms with van der Waals surface area (Å²) in [5, 5.41) is 0.369. The molecule has 106 valence electrons. The first-order chi connectivity index (χ1) is 9.97. The molecular weight excluding hydrogens is 333 g/mol. The number of halogens is 2. The van der Waals surface area contributed by atoms with E-state index in [0.717, 1.165) is 11.3 Å². The highest BCUT2D eigenvalue weighted by Gasteiger charge is 2.37. The lowest BCUT2D eigenvalue weighted by Gasteiger charge is -2.14. The van der Waals surface area contributed by atoms with Crippen molar-refractivity contribution in [2.75, 3.05) is 11.4 Å². The predicted octanol–water partition coefficient (Wildman–Crippen LogP) is 3.47. The molecule has 1 aromatic heterocycles. The molecule has 7 heteroatoms. The third kappa shape index (κ3) is 2.48. The lowest BCUT2D eigenvalue weighted by Crippen LogP contribution is -2.34. The van der Waals surface area contributed by atoms with E-state index in [4.69, 9.17) is 23.2 Å². The molecule has 0 bridgehead atoms. The summed E-state index contributed by atoms with van der Waals surface area (Å²) in [7, 11) is 0. The highest BCUT2D eigenvalue weighted by atomic mass is 35.5. The summed E-state index contributed by atoms with van der Waals surface area (Å²) in [5.41, 5.74) is 0.634. The molecule has 2 heterocycles. The van der Waals surface area contributed by atoms with Gasteiger partial charge >= 0.3 is 0 Å². The molecule has 0 aliphatic carbocycles. The SMILES string of the molecule is O=C(CN1C(=O)C(=O)c2cc(Cl)ccc21)c1ccc(Cl)s1. The summed E-state index contributed by atoms with van der Waals surface area (Å²) in [5.74, 6) is -1.64. The number of thiophene rings is 1. The molecule has 1 amide bonds. The number of hydrogen-bond acceptors (Lipinski definition) is 4. The smallest absolute Gasteiger partial charge is 0.297 e. The van der Waals surface area contributed by atoms with Gasteiger partial charge in [-0.05, 0) is 30.3 Å². The van der Waals surface area contributed by atoms with Crippen LogP contribution in [0.25, 0.3) is 0 Å². The molecule has 3 rings (SSSR count). The number of benzene rings is 1. The van der Waals surface area contributed by atoms with E-state index in [1.54, 1.807) is 24.3 Å². The zero-order valence-corrected chi connectivity index (χ0v) is 12.8. The first-order valence-electron chi connectivity index (χ1n) is 5.91. The fourth-order valence-electron chi connectivity index (χ4n) is 2.12. The van der Waals surface area contributed by atoms with Gasteiger partial charge in [0.15, 0.2) is 5.78 Å². The number of fused-ring (bicyclic) bond motifs is 1. The minimum Gasteiger partial charge on any atom is -0.297 e. The van der Waals surface area contributed by atoms with Crippen LogP contribution in [0.5, 0.6) is 0 Å². The van der Waals surface area contributed by atoms with Crippen LogP contribution in [0.1, 0.15) is 20.0 Å². The summed E-state index contributed by atoms with van der Waals surface area (Å²) < 4.78 is 0.495. The zero-order chi connectivity index (χ0) is 15.1. The van der Waals surface area contributed by atoms with Crippen molar-refractivity contribution in [2.45, 2.75) is 0 Å². The molecule has 0 N–H and O–H groups in total. The lowest BCUT2D eigenvalue weighted by molar-refractivity contribution is -0.114. The van der Waals surface area contributed by atoms with Crippen molar-refractivity contribution >= 4 is 57.7 Å². The lowest BCUT2D eigenvalue weighted by atomic mass is 10.1. The topological polar surface area (TPSA) is 54.5 Å². The van der Waals surface area contributed by atoms with Crippen molar-refractivity contribution in [3.05, 3.63) is 50.1 Å². The molecule has 0 saturated heterocycles. The van der Waals surface area contributed by atoms with Crippen LogP contribution in [-0.4, -0.2) is 24.0 Å². The summed E-state index contributed by atoms with van der Waals surface area (Å²) in [6.07, 6.45) is 0. The van der Waals surface area contributed by atoms with Crippen LogP contribution in [0, 0.1) is 0 Å². The Morgan fingerprint density at radius 3 is 2.57 bits per heavy atom. The second-order valence-corrected chi connectivity index (χ2v) is 6.56. The number of amides is 1. The second kappa shape index (κ2) is 5.26. The van der Waals surface area contributed by atoms with Crippen LogP contribution in [0.3, 0.4) is 0 Å². The molecule has 1 aliphatic rings. The van der Waals surface area contributed by atoms with Crippen molar-refractivity contribution in [1.29, 1.82) is 0 Å². The molecule has 4 nitrogen and oxygen atoms in total. The third-order valence-electron chi connectivity index (χ3n) is 3.08. The van der Waals surface area contributed by atoms with Crippen LogP contribution in [-0.2, 0) is 4.79 Å². The Balaban J connectivity index is 1.92. The molecule has 1 aromatic carbocycles. The molecule has 21 heavy (non-hydrogen) atoms. The molecule has 2 aromatic rings. The maximum atomic E-state index is 12.2. The number of anilines is 1. The Hall–Kier alpha value is -1.69. The van der Waals surface area contributed by atoms with E-state index in [0.29, 0.717) is 19.9 Å². The zero-order valence-electron chi connectivity index (χ0n) is 10.4. The van der Waals surface area contributed by atoms with E-state index in [2.05, 4.69) is 0 Å². The Morgan fingerprint density at radius 2 is 1.90 bits per heavy atom. The van der Waals surface area contributed by atoms with E-state index < -0.39 is 11.7 Å². The van der Waals surface area contributed by atoms with Crippen LogP contribution >= 0.6 is 34.5 Å². The summed E-state index contributed by atoms with van der Waals surface area (Å²) in [4.78, 5) is 37.7.